The number of nitrogens with one attached hydrogen (secondary N) is 1. The van der Waals surface area contributed by atoms with Crippen molar-refractivity contribution in [3.05, 3.63) is 0 Å². The molecule has 110 valence electrons. The van der Waals surface area contributed by atoms with E-state index in [1.54, 1.807) is 0 Å². The summed E-state index contributed by atoms with van der Waals surface area (Å²) in [6.45, 7) is 16.2. The molecule has 0 bridgehead atoms. The zero-order chi connectivity index (χ0) is 14.1. The van der Waals surface area contributed by atoms with Crippen molar-refractivity contribution in [2.24, 2.45) is 10.8 Å². The van der Waals surface area contributed by atoms with Crippen LogP contribution in [-0.4, -0.2) is 13.1 Å². The highest BCUT2D eigenvalue weighted by atomic mass is 14.9. The van der Waals surface area contributed by atoms with Crippen molar-refractivity contribution in [3.63, 3.8) is 0 Å². The second-order valence-electron chi connectivity index (χ2n) is 8.17. The third-order valence-electron chi connectivity index (χ3n) is 3.19. The van der Waals surface area contributed by atoms with Crippen LogP contribution in [0.1, 0.15) is 86.5 Å². The highest BCUT2D eigenvalue weighted by molar-refractivity contribution is 4.64. The van der Waals surface area contributed by atoms with Gasteiger partial charge in [-0.3, -0.25) is 0 Å². The molecule has 0 spiro atoms. The smallest absolute Gasteiger partial charge is 0.0000126 e. The zero-order valence-corrected chi connectivity index (χ0v) is 13.9. The van der Waals surface area contributed by atoms with Gasteiger partial charge in [0, 0.05) is 0 Å². The first-order valence-electron chi connectivity index (χ1n) is 7.91. The molecule has 0 fully saturated rings. The van der Waals surface area contributed by atoms with Gasteiger partial charge in [0.05, 0.1) is 0 Å². The third-order valence-corrected chi connectivity index (χ3v) is 3.19. The van der Waals surface area contributed by atoms with Gasteiger partial charge >= 0.3 is 0 Å². The van der Waals surface area contributed by atoms with Gasteiger partial charge in [0.15, 0.2) is 0 Å². The van der Waals surface area contributed by atoms with Crippen LogP contribution < -0.4 is 5.32 Å². The normalized spacial score (nSPS) is 13.0. The monoisotopic (exact) mass is 255 g/mol. The Morgan fingerprint density at radius 2 is 1.11 bits per heavy atom. The van der Waals surface area contributed by atoms with E-state index >= 15 is 0 Å². The molecule has 18 heavy (non-hydrogen) atoms. The minimum Gasteiger partial charge on any atom is -0.316 e. The van der Waals surface area contributed by atoms with Crippen LogP contribution in [0.3, 0.4) is 0 Å². The van der Waals surface area contributed by atoms with Crippen LogP contribution in [0, 0.1) is 10.8 Å². The van der Waals surface area contributed by atoms with E-state index in [2.05, 4.69) is 46.9 Å². The SMILES string of the molecule is CC(C)(C)CCCCCCCCNCC(C)(C)C. The van der Waals surface area contributed by atoms with Crippen molar-refractivity contribution in [3.8, 4) is 0 Å². The van der Waals surface area contributed by atoms with Gasteiger partial charge in [-0.25, -0.2) is 0 Å². The van der Waals surface area contributed by atoms with Crippen molar-refractivity contribution >= 4 is 0 Å². The van der Waals surface area contributed by atoms with Gasteiger partial charge in [-0.15, -0.1) is 0 Å². The molecule has 0 saturated heterocycles. The molecular formula is C17H37N. The van der Waals surface area contributed by atoms with E-state index in [0.717, 1.165) is 6.54 Å². The molecule has 0 amide bonds. The fraction of sp³-hybridized carbons (Fsp3) is 1.00. The Balaban J connectivity index is 3.13. The lowest BCUT2D eigenvalue weighted by atomic mass is 9.89. The van der Waals surface area contributed by atoms with Crippen molar-refractivity contribution in [2.75, 3.05) is 13.1 Å². The standard InChI is InChI=1S/C17H37N/c1-16(2,3)13-11-9-7-8-10-12-14-18-15-17(4,5)6/h18H,7-15H2,1-6H3. The molecule has 0 aliphatic rings. The summed E-state index contributed by atoms with van der Waals surface area (Å²) < 4.78 is 0. The van der Waals surface area contributed by atoms with Gasteiger partial charge in [0.1, 0.15) is 0 Å². The highest BCUT2D eigenvalue weighted by Gasteiger charge is 2.09. The Hall–Kier alpha value is -0.0400. The Kier molecular flexibility index (Phi) is 8.94. The van der Waals surface area contributed by atoms with Crippen molar-refractivity contribution in [1.82, 2.24) is 5.32 Å². The van der Waals surface area contributed by atoms with Crippen molar-refractivity contribution < 1.29 is 0 Å². The fourth-order valence-electron chi connectivity index (χ4n) is 2.08. The summed E-state index contributed by atoms with van der Waals surface area (Å²) in [7, 11) is 0. The quantitative estimate of drug-likeness (QED) is 0.544. The molecule has 0 aromatic rings. The second-order valence-corrected chi connectivity index (χ2v) is 8.17. The largest absolute Gasteiger partial charge is 0.316 e. The first-order valence-corrected chi connectivity index (χ1v) is 7.91. The lowest BCUT2D eigenvalue weighted by Crippen LogP contribution is -2.27. The maximum absolute atomic E-state index is 3.55. The van der Waals surface area contributed by atoms with Crippen molar-refractivity contribution in [1.29, 1.82) is 0 Å². The summed E-state index contributed by atoms with van der Waals surface area (Å²) >= 11 is 0. The van der Waals surface area contributed by atoms with Crippen LogP contribution in [0.25, 0.3) is 0 Å². The molecule has 1 N–H and O–H groups in total. The predicted octanol–water partition coefficient (Wildman–Crippen LogP) is 5.40. The average molecular weight is 255 g/mol. The number of hydrogen-bond donors (Lipinski definition) is 1. The molecule has 0 saturated carbocycles. The molecule has 0 aliphatic carbocycles. The van der Waals surface area contributed by atoms with E-state index in [4.69, 9.17) is 0 Å². The molecule has 0 aromatic carbocycles. The van der Waals surface area contributed by atoms with E-state index in [-0.39, 0.29) is 0 Å². The minimum atomic E-state index is 0.424. The molecule has 0 rings (SSSR count). The summed E-state index contributed by atoms with van der Waals surface area (Å²) in [6, 6.07) is 0. The first-order chi connectivity index (χ1) is 8.21. The number of rotatable bonds is 9. The lowest BCUT2D eigenvalue weighted by molar-refractivity contribution is 0.355. The predicted molar refractivity (Wildman–Crippen MR) is 84.1 cm³/mol. The minimum absolute atomic E-state index is 0.424. The summed E-state index contributed by atoms with van der Waals surface area (Å²) in [4.78, 5) is 0. The molecule has 0 aromatic heterocycles. The van der Waals surface area contributed by atoms with Gasteiger partial charge in [-0.1, -0.05) is 73.6 Å². The molecule has 1 nitrogen and oxygen atoms in total. The van der Waals surface area contributed by atoms with Crippen molar-refractivity contribution in [2.45, 2.75) is 86.5 Å². The van der Waals surface area contributed by atoms with Crippen LogP contribution in [0.2, 0.25) is 0 Å². The Bertz CT molecular complexity index is 161. The molecule has 0 atom stereocenters. The number of unbranched alkanes of at least 4 members (excludes halogenated alkanes) is 5. The van der Waals surface area contributed by atoms with Crippen LogP contribution in [0.15, 0.2) is 0 Å². The maximum atomic E-state index is 3.55. The van der Waals surface area contributed by atoms with E-state index in [9.17, 15) is 0 Å². The van der Waals surface area contributed by atoms with Gasteiger partial charge in [0.2, 0.25) is 0 Å². The zero-order valence-electron chi connectivity index (χ0n) is 13.9. The molecule has 0 heterocycles. The maximum Gasteiger partial charge on any atom is -0.0000126 e. The van der Waals surface area contributed by atoms with E-state index < -0.39 is 0 Å². The Morgan fingerprint density at radius 3 is 1.61 bits per heavy atom. The van der Waals surface area contributed by atoms with Gasteiger partial charge in [-0.2, -0.15) is 0 Å². The average Bonchev–Trinajstić information content (AvgIpc) is 2.17. The van der Waals surface area contributed by atoms with E-state index in [1.807, 2.05) is 0 Å². The van der Waals surface area contributed by atoms with E-state index in [0.29, 0.717) is 10.8 Å². The van der Waals surface area contributed by atoms with Crippen LogP contribution >= 0.6 is 0 Å². The van der Waals surface area contributed by atoms with Crippen LogP contribution in [0.4, 0.5) is 0 Å². The third kappa shape index (κ3) is 16.0. The first kappa shape index (κ1) is 18.0. The second kappa shape index (κ2) is 8.96. The molecular weight excluding hydrogens is 218 g/mol. The van der Waals surface area contributed by atoms with E-state index in [1.165, 1.54) is 51.5 Å². The Morgan fingerprint density at radius 1 is 0.611 bits per heavy atom. The molecule has 1 heteroatoms. The molecule has 0 radical (unpaired) electrons. The fourth-order valence-corrected chi connectivity index (χ4v) is 2.08. The lowest BCUT2D eigenvalue weighted by Gasteiger charge is -2.18. The van der Waals surface area contributed by atoms with Gasteiger partial charge < -0.3 is 5.32 Å². The molecule has 0 unspecified atom stereocenters. The summed E-state index contributed by atoms with van der Waals surface area (Å²) in [5, 5.41) is 3.55. The van der Waals surface area contributed by atoms with Gasteiger partial charge in [-0.05, 0) is 36.8 Å². The highest BCUT2D eigenvalue weighted by Crippen LogP contribution is 2.22. The summed E-state index contributed by atoms with van der Waals surface area (Å²) in [6.07, 6.45) is 9.79. The van der Waals surface area contributed by atoms with Gasteiger partial charge in [0.25, 0.3) is 0 Å². The van der Waals surface area contributed by atoms with Crippen LogP contribution in [0.5, 0.6) is 0 Å². The summed E-state index contributed by atoms with van der Waals surface area (Å²) in [5.74, 6) is 0. The number of hydrogen-bond acceptors (Lipinski definition) is 1. The van der Waals surface area contributed by atoms with Crippen LogP contribution in [-0.2, 0) is 0 Å². The topological polar surface area (TPSA) is 12.0 Å². The molecule has 0 aliphatic heterocycles. The Labute approximate surface area is 116 Å². The summed E-state index contributed by atoms with van der Waals surface area (Å²) in [5.41, 5.74) is 0.948.